The molecule has 0 aromatic carbocycles. The molecule has 2 heterocycles. The largest absolute Gasteiger partial charge is 0.467 e. The summed E-state index contributed by atoms with van der Waals surface area (Å²) in [5, 5.41) is 4.60. The summed E-state index contributed by atoms with van der Waals surface area (Å²) in [6.45, 7) is 10.6. The summed E-state index contributed by atoms with van der Waals surface area (Å²) in [6.07, 6.45) is 1.56. The van der Waals surface area contributed by atoms with Gasteiger partial charge in [-0.25, -0.2) is 4.79 Å². The molecule has 1 aliphatic rings. The molecule has 22 heavy (non-hydrogen) atoms. The molecule has 1 fully saturated rings. The highest BCUT2D eigenvalue weighted by Gasteiger charge is 2.32. The SMILES string of the molecule is COC(=O)[C@@H]1CN(Cc2cn(C)nc2C(C)(C)C)C[C@@H](C)O1. The van der Waals surface area contributed by atoms with Crippen molar-refractivity contribution < 1.29 is 14.3 Å². The lowest BCUT2D eigenvalue weighted by molar-refractivity contribution is -0.166. The average molecular weight is 309 g/mol. The van der Waals surface area contributed by atoms with Crippen molar-refractivity contribution in [2.24, 2.45) is 7.05 Å². The van der Waals surface area contributed by atoms with E-state index in [0.29, 0.717) is 6.54 Å². The Morgan fingerprint density at radius 2 is 2.14 bits per heavy atom. The van der Waals surface area contributed by atoms with Crippen LogP contribution >= 0.6 is 0 Å². The van der Waals surface area contributed by atoms with Crippen LogP contribution in [0.2, 0.25) is 0 Å². The number of carbonyl (C=O) groups is 1. The lowest BCUT2D eigenvalue weighted by Gasteiger charge is -2.35. The number of aromatic nitrogens is 2. The number of carbonyl (C=O) groups excluding carboxylic acids is 1. The Morgan fingerprint density at radius 3 is 2.73 bits per heavy atom. The second-order valence-corrected chi connectivity index (χ2v) is 7.08. The van der Waals surface area contributed by atoms with Crippen LogP contribution in [0.3, 0.4) is 0 Å². The van der Waals surface area contributed by atoms with Gasteiger partial charge in [0.1, 0.15) is 0 Å². The van der Waals surface area contributed by atoms with Gasteiger partial charge in [0.05, 0.1) is 18.9 Å². The van der Waals surface area contributed by atoms with E-state index in [1.165, 1.54) is 12.7 Å². The summed E-state index contributed by atoms with van der Waals surface area (Å²) in [6, 6.07) is 0. The van der Waals surface area contributed by atoms with Crippen molar-refractivity contribution in [2.45, 2.75) is 51.9 Å². The van der Waals surface area contributed by atoms with E-state index >= 15 is 0 Å². The molecular formula is C16H27N3O3. The third kappa shape index (κ3) is 3.87. The first kappa shape index (κ1) is 17.0. The van der Waals surface area contributed by atoms with Crippen molar-refractivity contribution >= 4 is 5.97 Å². The van der Waals surface area contributed by atoms with E-state index in [0.717, 1.165) is 18.8 Å². The highest BCUT2D eigenvalue weighted by molar-refractivity contribution is 5.75. The molecule has 0 amide bonds. The predicted molar refractivity (Wildman–Crippen MR) is 83.5 cm³/mol. The summed E-state index contributed by atoms with van der Waals surface area (Å²) < 4.78 is 12.3. The summed E-state index contributed by atoms with van der Waals surface area (Å²) >= 11 is 0. The molecule has 1 aromatic heterocycles. The molecule has 0 unspecified atom stereocenters. The molecule has 1 aromatic rings. The van der Waals surface area contributed by atoms with Crippen LogP contribution in [0.1, 0.15) is 39.0 Å². The van der Waals surface area contributed by atoms with E-state index < -0.39 is 6.10 Å². The molecule has 1 saturated heterocycles. The Kier molecular flexibility index (Phi) is 4.92. The van der Waals surface area contributed by atoms with Gasteiger partial charge < -0.3 is 9.47 Å². The second-order valence-electron chi connectivity index (χ2n) is 7.08. The van der Waals surface area contributed by atoms with Gasteiger partial charge in [-0.15, -0.1) is 0 Å². The lowest BCUT2D eigenvalue weighted by atomic mass is 9.89. The molecule has 124 valence electrons. The molecule has 0 bridgehead atoms. The van der Waals surface area contributed by atoms with Crippen molar-refractivity contribution in [3.63, 3.8) is 0 Å². The van der Waals surface area contributed by atoms with Gasteiger partial charge in [0.2, 0.25) is 0 Å². The molecule has 0 saturated carbocycles. The third-order valence-corrected chi connectivity index (χ3v) is 3.81. The van der Waals surface area contributed by atoms with E-state index in [-0.39, 0.29) is 17.5 Å². The molecule has 1 aliphatic heterocycles. The molecule has 0 aliphatic carbocycles. The van der Waals surface area contributed by atoms with E-state index in [9.17, 15) is 4.79 Å². The normalized spacial score (nSPS) is 23.5. The van der Waals surface area contributed by atoms with Crippen LogP contribution in [0.5, 0.6) is 0 Å². The van der Waals surface area contributed by atoms with Crippen molar-refractivity contribution in [3.05, 3.63) is 17.5 Å². The number of ether oxygens (including phenoxy) is 2. The second kappa shape index (κ2) is 6.38. The number of rotatable bonds is 3. The van der Waals surface area contributed by atoms with Gasteiger partial charge in [0.25, 0.3) is 0 Å². The molecular weight excluding hydrogens is 282 g/mol. The van der Waals surface area contributed by atoms with Crippen LogP contribution in [-0.2, 0) is 33.3 Å². The highest BCUT2D eigenvalue weighted by atomic mass is 16.6. The van der Waals surface area contributed by atoms with Gasteiger partial charge in [-0.2, -0.15) is 5.10 Å². The minimum absolute atomic E-state index is 0.00372. The fourth-order valence-electron chi connectivity index (χ4n) is 2.96. The van der Waals surface area contributed by atoms with Gasteiger partial charge in [0, 0.05) is 43.9 Å². The fraction of sp³-hybridized carbons (Fsp3) is 0.750. The maximum absolute atomic E-state index is 11.8. The van der Waals surface area contributed by atoms with Crippen LogP contribution in [0.15, 0.2) is 6.20 Å². The van der Waals surface area contributed by atoms with Gasteiger partial charge in [-0.1, -0.05) is 20.8 Å². The van der Waals surface area contributed by atoms with Gasteiger partial charge >= 0.3 is 5.97 Å². The van der Waals surface area contributed by atoms with Crippen LogP contribution in [-0.4, -0.2) is 53.1 Å². The molecule has 0 N–H and O–H groups in total. The standard InChI is InChI=1S/C16H27N3O3/c1-11-7-19(10-13(22-11)15(20)21-6)9-12-8-18(5)17-14(12)16(2,3)4/h8,11,13H,7,9-10H2,1-6H3/t11-,13+/m1/s1. The van der Waals surface area contributed by atoms with E-state index in [4.69, 9.17) is 9.47 Å². The molecule has 0 spiro atoms. The maximum atomic E-state index is 11.8. The van der Waals surface area contributed by atoms with Crippen LogP contribution in [0, 0.1) is 0 Å². The minimum atomic E-state index is -0.511. The zero-order valence-electron chi connectivity index (χ0n) is 14.4. The first-order valence-electron chi connectivity index (χ1n) is 7.69. The first-order chi connectivity index (χ1) is 10.2. The Balaban J connectivity index is 2.15. The number of aryl methyl sites for hydroxylation is 1. The minimum Gasteiger partial charge on any atom is -0.467 e. The summed E-state index contributed by atoms with van der Waals surface area (Å²) in [5.41, 5.74) is 2.30. The molecule has 6 heteroatoms. The van der Waals surface area contributed by atoms with Gasteiger partial charge in [-0.05, 0) is 6.92 Å². The van der Waals surface area contributed by atoms with Crippen molar-refractivity contribution in [1.82, 2.24) is 14.7 Å². The number of hydrogen-bond acceptors (Lipinski definition) is 5. The highest BCUT2D eigenvalue weighted by Crippen LogP contribution is 2.26. The van der Waals surface area contributed by atoms with Crippen molar-refractivity contribution in [2.75, 3.05) is 20.2 Å². The van der Waals surface area contributed by atoms with E-state index in [1.54, 1.807) is 0 Å². The monoisotopic (exact) mass is 309 g/mol. The van der Waals surface area contributed by atoms with E-state index in [2.05, 4.69) is 37.0 Å². The molecule has 2 atom stereocenters. The fourth-order valence-corrected chi connectivity index (χ4v) is 2.96. The number of morpholine rings is 1. The van der Waals surface area contributed by atoms with Crippen molar-refractivity contribution in [3.8, 4) is 0 Å². The topological polar surface area (TPSA) is 56.6 Å². The Morgan fingerprint density at radius 1 is 1.45 bits per heavy atom. The van der Waals surface area contributed by atoms with E-state index in [1.807, 2.05) is 18.7 Å². The number of hydrogen-bond donors (Lipinski definition) is 0. The molecule has 0 radical (unpaired) electrons. The van der Waals surface area contributed by atoms with Gasteiger partial charge in [0.15, 0.2) is 6.10 Å². The summed E-state index contributed by atoms with van der Waals surface area (Å²) in [5.74, 6) is -0.307. The lowest BCUT2D eigenvalue weighted by Crippen LogP contribution is -2.49. The van der Waals surface area contributed by atoms with Crippen LogP contribution in [0.4, 0.5) is 0 Å². The quantitative estimate of drug-likeness (QED) is 0.792. The smallest absolute Gasteiger partial charge is 0.336 e. The van der Waals surface area contributed by atoms with Crippen molar-refractivity contribution in [1.29, 1.82) is 0 Å². The number of methoxy groups -OCH3 is 1. The number of nitrogens with zero attached hydrogens (tertiary/aromatic N) is 3. The molecule has 6 nitrogen and oxygen atoms in total. The van der Waals surface area contributed by atoms with Gasteiger partial charge in [-0.3, -0.25) is 9.58 Å². The van der Waals surface area contributed by atoms with Crippen LogP contribution in [0.25, 0.3) is 0 Å². The predicted octanol–water partition coefficient (Wildman–Crippen LogP) is 1.48. The Hall–Kier alpha value is -1.40. The Bertz CT molecular complexity index is 533. The summed E-state index contributed by atoms with van der Waals surface area (Å²) in [4.78, 5) is 14.0. The summed E-state index contributed by atoms with van der Waals surface area (Å²) in [7, 11) is 3.34. The number of esters is 1. The molecule has 2 rings (SSSR count). The Labute approximate surface area is 132 Å². The maximum Gasteiger partial charge on any atom is 0.336 e. The third-order valence-electron chi connectivity index (χ3n) is 3.81. The van der Waals surface area contributed by atoms with Crippen LogP contribution < -0.4 is 0 Å². The zero-order chi connectivity index (χ0) is 16.5. The average Bonchev–Trinajstić information content (AvgIpc) is 2.78. The first-order valence-corrected chi connectivity index (χ1v) is 7.69. The zero-order valence-corrected chi connectivity index (χ0v) is 14.4.